The Bertz CT molecular complexity index is 641. The zero-order valence-electron chi connectivity index (χ0n) is 10.6. The van der Waals surface area contributed by atoms with E-state index in [1.165, 1.54) is 12.3 Å². The third-order valence-electron chi connectivity index (χ3n) is 2.78. The molecule has 5 heteroatoms. The van der Waals surface area contributed by atoms with E-state index in [1.807, 2.05) is 32.0 Å². The number of hydrogen-bond donors (Lipinski definition) is 1. The summed E-state index contributed by atoms with van der Waals surface area (Å²) >= 11 is 5.78. The van der Waals surface area contributed by atoms with E-state index in [-0.39, 0.29) is 11.4 Å². The molecule has 98 valence electrons. The van der Waals surface area contributed by atoms with Crippen molar-refractivity contribution >= 4 is 17.5 Å². The van der Waals surface area contributed by atoms with Gasteiger partial charge in [0.1, 0.15) is 11.3 Å². The van der Waals surface area contributed by atoms with Crippen LogP contribution in [0, 0.1) is 13.8 Å². The lowest BCUT2D eigenvalue weighted by Gasteiger charge is -2.09. The Morgan fingerprint density at radius 1 is 1.26 bits per heavy atom. The molecule has 0 radical (unpaired) electrons. The average molecular weight is 277 g/mol. The number of carbonyl (C=O) groups is 1. The van der Waals surface area contributed by atoms with Gasteiger partial charge in [-0.25, -0.2) is 4.98 Å². The van der Waals surface area contributed by atoms with Crippen molar-refractivity contribution in [2.75, 3.05) is 0 Å². The zero-order chi connectivity index (χ0) is 14.0. The summed E-state index contributed by atoms with van der Waals surface area (Å²) in [5.41, 5.74) is 7.68. The summed E-state index contributed by atoms with van der Waals surface area (Å²) in [5.74, 6) is 0.120. The molecule has 19 heavy (non-hydrogen) atoms. The molecule has 2 rings (SSSR count). The number of halogens is 1. The van der Waals surface area contributed by atoms with Crippen molar-refractivity contribution in [3.8, 4) is 11.6 Å². The molecule has 0 aliphatic carbocycles. The molecule has 0 aliphatic rings. The highest BCUT2D eigenvalue weighted by Crippen LogP contribution is 2.26. The van der Waals surface area contributed by atoms with Gasteiger partial charge < -0.3 is 10.5 Å². The topological polar surface area (TPSA) is 65.2 Å². The Hall–Kier alpha value is -2.07. The maximum Gasteiger partial charge on any atom is 0.254 e. The van der Waals surface area contributed by atoms with E-state index in [0.717, 1.165) is 11.1 Å². The molecule has 0 spiro atoms. The second kappa shape index (κ2) is 5.28. The van der Waals surface area contributed by atoms with E-state index < -0.39 is 5.91 Å². The first-order valence-electron chi connectivity index (χ1n) is 5.68. The molecule has 1 aromatic carbocycles. The number of carbonyl (C=O) groups excluding carboxylic acids is 1. The van der Waals surface area contributed by atoms with Crippen molar-refractivity contribution in [1.82, 2.24) is 4.98 Å². The molecule has 1 amide bonds. The third-order valence-corrected chi connectivity index (χ3v) is 2.98. The lowest BCUT2D eigenvalue weighted by atomic mass is 10.1. The fourth-order valence-electron chi connectivity index (χ4n) is 1.57. The first kappa shape index (κ1) is 13.4. The standard InChI is InChI=1S/C14H13ClN2O2/c1-8-3-4-11(5-9(8)2)19-14-12(13(16)18)6-10(15)7-17-14/h3-7H,1-2H3,(H2,16,18). The largest absolute Gasteiger partial charge is 0.438 e. The maximum absolute atomic E-state index is 11.3. The summed E-state index contributed by atoms with van der Waals surface area (Å²) in [6, 6.07) is 7.05. The number of amides is 1. The highest BCUT2D eigenvalue weighted by atomic mass is 35.5. The number of aromatic nitrogens is 1. The second-order valence-corrected chi connectivity index (χ2v) is 4.66. The number of hydrogen-bond acceptors (Lipinski definition) is 3. The van der Waals surface area contributed by atoms with Crippen molar-refractivity contribution in [2.24, 2.45) is 5.73 Å². The van der Waals surface area contributed by atoms with Crippen LogP contribution in [-0.4, -0.2) is 10.9 Å². The van der Waals surface area contributed by atoms with Crippen LogP contribution in [0.2, 0.25) is 5.02 Å². The van der Waals surface area contributed by atoms with Gasteiger partial charge in [0.05, 0.1) is 5.02 Å². The lowest BCUT2D eigenvalue weighted by molar-refractivity contribution is 0.0997. The summed E-state index contributed by atoms with van der Waals surface area (Å²) in [4.78, 5) is 15.3. The van der Waals surface area contributed by atoms with Crippen LogP contribution in [-0.2, 0) is 0 Å². The monoisotopic (exact) mass is 276 g/mol. The smallest absolute Gasteiger partial charge is 0.254 e. The minimum absolute atomic E-state index is 0.153. The van der Waals surface area contributed by atoms with Crippen molar-refractivity contribution in [1.29, 1.82) is 0 Å². The first-order chi connectivity index (χ1) is 8.97. The van der Waals surface area contributed by atoms with Gasteiger partial charge in [-0.05, 0) is 43.2 Å². The highest BCUT2D eigenvalue weighted by molar-refractivity contribution is 6.30. The van der Waals surface area contributed by atoms with Crippen molar-refractivity contribution < 1.29 is 9.53 Å². The molecule has 2 N–H and O–H groups in total. The van der Waals surface area contributed by atoms with Gasteiger partial charge in [0, 0.05) is 6.20 Å². The predicted octanol–water partition coefficient (Wildman–Crippen LogP) is 3.24. The summed E-state index contributed by atoms with van der Waals surface area (Å²) in [6.45, 7) is 3.99. The Labute approximate surface area is 116 Å². The van der Waals surface area contributed by atoms with E-state index in [2.05, 4.69) is 4.98 Å². The van der Waals surface area contributed by atoms with Crippen LogP contribution in [0.4, 0.5) is 0 Å². The van der Waals surface area contributed by atoms with Crippen molar-refractivity contribution in [2.45, 2.75) is 13.8 Å². The quantitative estimate of drug-likeness (QED) is 0.936. The van der Waals surface area contributed by atoms with Crippen molar-refractivity contribution in [3.05, 3.63) is 52.2 Å². The predicted molar refractivity (Wildman–Crippen MR) is 73.8 cm³/mol. The van der Waals surface area contributed by atoms with Gasteiger partial charge in [-0.3, -0.25) is 4.79 Å². The van der Waals surface area contributed by atoms with E-state index in [1.54, 1.807) is 0 Å². The van der Waals surface area contributed by atoms with Gasteiger partial charge in [0.25, 0.3) is 5.91 Å². The number of pyridine rings is 1. The zero-order valence-corrected chi connectivity index (χ0v) is 11.4. The number of primary amides is 1. The van der Waals surface area contributed by atoms with Crippen LogP contribution >= 0.6 is 11.6 Å². The van der Waals surface area contributed by atoms with E-state index in [0.29, 0.717) is 10.8 Å². The molecule has 0 unspecified atom stereocenters. The summed E-state index contributed by atoms with van der Waals surface area (Å²) in [6.07, 6.45) is 1.41. The molecule has 1 heterocycles. The fraction of sp³-hybridized carbons (Fsp3) is 0.143. The molecule has 0 fully saturated rings. The van der Waals surface area contributed by atoms with E-state index in [9.17, 15) is 4.79 Å². The van der Waals surface area contributed by atoms with Gasteiger partial charge in [-0.15, -0.1) is 0 Å². The second-order valence-electron chi connectivity index (χ2n) is 4.22. The van der Waals surface area contributed by atoms with Gasteiger partial charge in [0.15, 0.2) is 0 Å². The molecule has 1 aromatic heterocycles. The van der Waals surface area contributed by atoms with Crippen LogP contribution in [0.5, 0.6) is 11.6 Å². The Balaban J connectivity index is 2.37. The molecule has 2 aromatic rings. The summed E-state index contributed by atoms with van der Waals surface area (Å²) in [7, 11) is 0. The van der Waals surface area contributed by atoms with Crippen LogP contribution < -0.4 is 10.5 Å². The van der Waals surface area contributed by atoms with Crippen LogP contribution in [0.1, 0.15) is 21.5 Å². The number of aryl methyl sites for hydroxylation is 2. The van der Waals surface area contributed by atoms with E-state index >= 15 is 0 Å². The normalized spacial score (nSPS) is 10.3. The lowest BCUT2D eigenvalue weighted by Crippen LogP contribution is -2.13. The van der Waals surface area contributed by atoms with Gasteiger partial charge in [-0.2, -0.15) is 0 Å². The maximum atomic E-state index is 11.3. The third kappa shape index (κ3) is 3.03. The van der Waals surface area contributed by atoms with Crippen LogP contribution in [0.15, 0.2) is 30.5 Å². The Morgan fingerprint density at radius 3 is 2.63 bits per heavy atom. The van der Waals surface area contributed by atoms with E-state index in [4.69, 9.17) is 22.1 Å². The summed E-state index contributed by atoms with van der Waals surface area (Å²) < 4.78 is 5.59. The fourth-order valence-corrected chi connectivity index (χ4v) is 1.73. The molecule has 0 atom stereocenters. The van der Waals surface area contributed by atoms with Crippen LogP contribution in [0.25, 0.3) is 0 Å². The molecule has 0 bridgehead atoms. The SMILES string of the molecule is Cc1ccc(Oc2ncc(Cl)cc2C(N)=O)cc1C. The van der Waals surface area contributed by atoms with Gasteiger partial charge >= 0.3 is 0 Å². The van der Waals surface area contributed by atoms with Crippen LogP contribution in [0.3, 0.4) is 0 Å². The highest BCUT2D eigenvalue weighted by Gasteiger charge is 2.13. The molecular formula is C14H13ClN2O2. The van der Waals surface area contributed by atoms with Gasteiger partial charge in [0.2, 0.25) is 5.88 Å². The molecule has 4 nitrogen and oxygen atoms in total. The number of rotatable bonds is 3. The minimum Gasteiger partial charge on any atom is -0.438 e. The molecular weight excluding hydrogens is 264 g/mol. The molecule has 0 aliphatic heterocycles. The number of nitrogens with two attached hydrogens (primary N) is 1. The number of benzene rings is 1. The Kier molecular flexibility index (Phi) is 3.71. The minimum atomic E-state index is -0.631. The number of nitrogens with zero attached hydrogens (tertiary/aromatic N) is 1. The van der Waals surface area contributed by atoms with Gasteiger partial charge in [-0.1, -0.05) is 17.7 Å². The number of ether oxygens (including phenoxy) is 1. The molecule has 0 saturated carbocycles. The molecule has 0 saturated heterocycles. The summed E-state index contributed by atoms with van der Waals surface area (Å²) in [5, 5.41) is 0.334. The Morgan fingerprint density at radius 2 is 2.00 bits per heavy atom. The first-order valence-corrected chi connectivity index (χ1v) is 6.05. The average Bonchev–Trinajstić information content (AvgIpc) is 2.36. The van der Waals surface area contributed by atoms with Crippen molar-refractivity contribution in [3.63, 3.8) is 0 Å².